The molecular formula is C28H47N3O4. The van der Waals surface area contributed by atoms with Crippen molar-refractivity contribution in [3.63, 3.8) is 0 Å². The summed E-state index contributed by atoms with van der Waals surface area (Å²) in [4.78, 5) is 31.7. The van der Waals surface area contributed by atoms with E-state index in [1.54, 1.807) is 0 Å². The highest BCUT2D eigenvalue weighted by Gasteiger charge is 2.60. The maximum atomic E-state index is 12.6. The van der Waals surface area contributed by atoms with E-state index in [1.807, 2.05) is 13.8 Å². The molecule has 7 atom stereocenters. The number of ketones is 1. The summed E-state index contributed by atoms with van der Waals surface area (Å²) in [5.41, 5.74) is 1.46. The van der Waals surface area contributed by atoms with Crippen LogP contribution in [-0.2, 0) is 9.63 Å². The van der Waals surface area contributed by atoms with Crippen LogP contribution >= 0.6 is 0 Å². The normalized spacial score (nSPS) is 38.9. The predicted octanol–water partition coefficient (Wildman–Crippen LogP) is 4.63. The van der Waals surface area contributed by atoms with Gasteiger partial charge in [0.05, 0.1) is 12.3 Å². The van der Waals surface area contributed by atoms with E-state index >= 15 is 0 Å². The Labute approximate surface area is 211 Å². The van der Waals surface area contributed by atoms with Crippen LogP contribution < -0.4 is 5.32 Å². The van der Waals surface area contributed by atoms with Gasteiger partial charge in [0.25, 0.3) is 0 Å². The van der Waals surface area contributed by atoms with E-state index in [1.165, 1.54) is 37.0 Å². The van der Waals surface area contributed by atoms with E-state index in [0.29, 0.717) is 42.0 Å². The first-order valence-electron chi connectivity index (χ1n) is 14.1. The van der Waals surface area contributed by atoms with Gasteiger partial charge in [0.2, 0.25) is 0 Å². The minimum Gasteiger partial charge on any atom is -0.395 e. The Morgan fingerprint density at radius 2 is 1.89 bits per heavy atom. The molecule has 0 heterocycles. The first-order chi connectivity index (χ1) is 16.7. The van der Waals surface area contributed by atoms with Crippen molar-refractivity contribution in [3.05, 3.63) is 0 Å². The summed E-state index contributed by atoms with van der Waals surface area (Å²) >= 11 is 0. The number of carbonyl (C=O) groups is 2. The molecular weight excluding hydrogens is 442 g/mol. The third kappa shape index (κ3) is 5.04. The molecule has 4 rings (SSSR count). The number of rotatable bonds is 8. The zero-order chi connectivity index (χ0) is 25.2. The molecule has 0 radical (unpaired) electrons. The van der Waals surface area contributed by atoms with Gasteiger partial charge in [-0.2, -0.15) is 0 Å². The van der Waals surface area contributed by atoms with Gasteiger partial charge < -0.3 is 15.3 Å². The van der Waals surface area contributed by atoms with Crippen molar-refractivity contribution >= 4 is 17.6 Å². The summed E-state index contributed by atoms with van der Waals surface area (Å²) in [7, 11) is 0. The van der Waals surface area contributed by atoms with Gasteiger partial charge in [-0.05, 0) is 92.9 Å². The minimum absolute atomic E-state index is 0.0945. The molecule has 0 bridgehead atoms. The number of carbonyl (C=O) groups excluding carboxylic acids is 2. The lowest BCUT2D eigenvalue weighted by molar-refractivity contribution is -0.138. The van der Waals surface area contributed by atoms with Crippen molar-refractivity contribution in [2.45, 2.75) is 85.5 Å². The molecule has 0 aliphatic heterocycles. The van der Waals surface area contributed by atoms with E-state index in [4.69, 9.17) is 4.84 Å². The van der Waals surface area contributed by atoms with Crippen molar-refractivity contribution in [2.75, 3.05) is 32.8 Å². The van der Waals surface area contributed by atoms with Crippen LogP contribution in [0.3, 0.4) is 0 Å². The van der Waals surface area contributed by atoms with Gasteiger partial charge in [-0.25, -0.2) is 4.79 Å². The molecule has 4 fully saturated rings. The molecule has 198 valence electrons. The van der Waals surface area contributed by atoms with Crippen LogP contribution in [0.4, 0.5) is 4.79 Å². The van der Waals surface area contributed by atoms with Crippen LogP contribution in [0, 0.1) is 40.4 Å². The van der Waals surface area contributed by atoms with Crippen LogP contribution in [0.1, 0.15) is 85.5 Å². The van der Waals surface area contributed by atoms with E-state index in [-0.39, 0.29) is 18.6 Å². The number of likely N-dealkylation sites (N-methyl/N-ethyl adjacent to an activating group) is 1. The van der Waals surface area contributed by atoms with Gasteiger partial charge in [-0.15, -0.1) is 0 Å². The highest BCUT2D eigenvalue weighted by atomic mass is 16.7. The first kappa shape index (κ1) is 26.6. The zero-order valence-corrected chi connectivity index (χ0v) is 22.4. The van der Waals surface area contributed by atoms with Crippen molar-refractivity contribution in [3.8, 4) is 0 Å². The summed E-state index contributed by atoms with van der Waals surface area (Å²) < 4.78 is 0. The highest BCUT2D eigenvalue weighted by Crippen LogP contribution is 2.67. The van der Waals surface area contributed by atoms with E-state index in [0.717, 1.165) is 49.8 Å². The molecule has 0 saturated heterocycles. The Morgan fingerprint density at radius 3 is 2.63 bits per heavy atom. The van der Waals surface area contributed by atoms with Gasteiger partial charge in [0.1, 0.15) is 5.78 Å². The average Bonchev–Trinajstić information content (AvgIpc) is 3.19. The van der Waals surface area contributed by atoms with Crippen LogP contribution in [0.15, 0.2) is 5.16 Å². The Morgan fingerprint density at radius 1 is 1.11 bits per heavy atom. The molecule has 35 heavy (non-hydrogen) atoms. The molecule has 0 unspecified atom stereocenters. The molecule has 7 nitrogen and oxygen atoms in total. The van der Waals surface area contributed by atoms with Crippen LogP contribution in [0.2, 0.25) is 0 Å². The summed E-state index contributed by atoms with van der Waals surface area (Å²) in [6, 6.07) is 0. The lowest BCUT2D eigenvalue weighted by Crippen LogP contribution is -2.53. The summed E-state index contributed by atoms with van der Waals surface area (Å²) in [6.45, 7) is 11.1. The quantitative estimate of drug-likeness (QED) is 0.224. The molecule has 4 aliphatic carbocycles. The fourth-order valence-electron chi connectivity index (χ4n) is 8.77. The Balaban J connectivity index is 1.42. The van der Waals surface area contributed by atoms with Gasteiger partial charge in [0.15, 0.2) is 0 Å². The number of aliphatic hydroxyl groups excluding tert-OH is 1. The second-order valence-electron chi connectivity index (χ2n) is 12.2. The third-order valence-electron chi connectivity index (χ3n) is 10.7. The molecule has 0 spiro atoms. The Kier molecular flexibility index (Phi) is 8.26. The summed E-state index contributed by atoms with van der Waals surface area (Å²) in [6.07, 6.45) is 9.42. The number of Topliss-reactive ketones (excluding diaryl/α,β-unsaturated/α-hetero) is 1. The standard InChI is InChI=1S/C28H47N3O4/c1-5-29-14-15-31(16-17-32)26(34)35-30-19(2)23-8-9-24-22-7-6-20-18-21(33)10-12-27(20,3)25(22)11-13-28(23,24)4/h20,22-25,29,32H,5-18H2,1-4H3/b30-19+/t20-,22-,23+,24-,25-,27-,28+/m0/s1. The molecule has 0 aromatic carbocycles. The largest absolute Gasteiger partial charge is 0.436 e. The molecule has 1 amide bonds. The van der Waals surface area contributed by atoms with Crippen LogP contribution in [0.5, 0.6) is 0 Å². The maximum Gasteiger partial charge on any atom is 0.436 e. The molecule has 7 heteroatoms. The fourth-order valence-corrected chi connectivity index (χ4v) is 8.77. The first-order valence-corrected chi connectivity index (χ1v) is 14.1. The lowest BCUT2D eigenvalue weighted by atomic mass is 9.44. The number of hydrogen-bond acceptors (Lipinski definition) is 6. The maximum absolute atomic E-state index is 12.6. The monoisotopic (exact) mass is 489 g/mol. The summed E-state index contributed by atoms with van der Waals surface area (Å²) in [5.74, 6) is 3.58. The Bertz CT molecular complexity index is 816. The van der Waals surface area contributed by atoms with Gasteiger partial charge in [-0.1, -0.05) is 25.9 Å². The number of fused-ring (bicyclic) bond motifs is 5. The van der Waals surface area contributed by atoms with Gasteiger partial charge in [0, 0.05) is 38.4 Å². The van der Waals surface area contributed by atoms with Crippen LogP contribution in [0.25, 0.3) is 0 Å². The molecule has 0 aromatic heterocycles. The Hall–Kier alpha value is -1.47. The SMILES string of the molecule is CCNCCN(CCO)C(=O)O/N=C(\C)[C@H]1CC[C@H]2[C@@H]3CC[C@H]4CC(=O)CC[C@]4(C)[C@H]3CC[C@]12C. The predicted molar refractivity (Wildman–Crippen MR) is 137 cm³/mol. The van der Waals surface area contributed by atoms with E-state index in [2.05, 4.69) is 24.3 Å². The van der Waals surface area contributed by atoms with E-state index < -0.39 is 6.09 Å². The molecule has 0 aromatic rings. The van der Waals surface area contributed by atoms with Gasteiger partial charge in [-0.3, -0.25) is 9.63 Å². The number of hydrogen-bond donors (Lipinski definition) is 2. The minimum atomic E-state index is -0.488. The molecule has 4 saturated carbocycles. The number of aliphatic hydroxyl groups is 1. The van der Waals surface area contributed by atoms with Crippen molar-refractivity contribution in [2.24, 2.45) is 45.6 Å². The lowest BCUT2D eigenvalue weighted by Gasteiger charge is -2.60. The van der Waals surface area contributed by atoms with Crippen molar-refractivity contribution < 1.29 is 19.5 Å². The second-order valence-corrected chi connectivity index (χ2v) is 12.2. The topological polar surface area (TPSA) is 91.2 Å². The van der Waals surface area contributed by atoms with Crippen molar-refractivity contribution in [1.82, 2.24) is 10.2 Å². The number of amides is 1. The molecule has 4 aliphatic rings. The van der Waals surface area contributed by atoms with Crippen LogP contribution in [-0.4, -0.2) is 60.4 Å². The molecule has 2 N–H and O–H groups in total. The number of oxime groups is 1. The van der Waals surface area contributed by atoms with Gasteiger partial charge >= 0.3 is 6.09 Å². The van der Waals surface area contributed by atoms with E-state index in [9.17, 15) is 14.7 Å². The summed E-state index contributed by atoms with van der Waals surface area (Å²) in [5, 5.41) is 16.9. The third-order valence-corrected chi connectivity index (χ3v) is 10.7. The number of nitrogens with zero attached hydrogens (tertiary/aromatic N) is 2. The second kappa shape index (κ2) is 10.9. The highest BCUT2D eigenvalue weighted by molar-refractivity contribution is 5.85. The zero-order valence-electron chi connectivity index (χ0n) is 22.4. The number of nitrogens with one attached hydrogen (secondary N) is 1. The fraction of sp³-hybridized carbons (Fsp3) is 0.893. The average molecular weight is 490 g/mol. The van der Waals surface area contributed by atoms with Crippen molar-refractivity contribution in [1.29, 1.82) is 0 Å². The smallest absolute Gasteiger partial charge is 0.395 e.